The minimum atomic E-state index is -0.673. The molecule has 1 aliphatic carbocycles. The van der Waals surface area contributed by atoms with E-state index in [1.54, 1.807) is 7.11 Å². The molecule has 2 amide bonds. The number of carbonyl (C=O) groups excluding carboxylic acids is 1. The fraction of sp³-hybridized carbons (Fsp3) is 0.588. The van der Waals surface area contributed by atoms with Gasteiger partial charge in [-0.25, -0.2) is 4.79 Å². The molecule has 1 fully saturated rings. The Balaban J connectivity index is 1.65. The van der Waals surface area contributed by atoms with Gasteiger partial charge in [-0.15, -0.1) is 0 Å². The summed E-state index contributed by atoms with van der Waals surface area (Å²) in [5.74, 6) is 1.21. The summed E-state index contributed by atoms with van der Waals surface area (Å²) in [4.78, 5) is 11.7. The molecule has 1 atom stereocenters. The summed E-state index contributed by atoms with van der Waals surface area (Å²) >= 11 is 0. The van der Waals surface area contributed by atoms with Crippen LogP contribution in [-0.4, -0.2) is 36.9 Å². The molecule has 5 nitrogen and oxygen atoms in total. The average Bonchev–Trinajstić information content (AvgIpc) is 2.51. The first-order valence-electron chi connectivity index (χ1n) is 7.90. The van der Waals surface area contributed by atoms with Crippen LogP contribution in [0.3, 0.4) is 0 Å². The Morgan fingerprint density at radius 1 is 1.32 bits per heavy atom. The third kappa shape index (κ3) is 4.63. The molecule has 5 heteroatoms. The van der Waals surface area contributed by atoms with Crippen LogP contribution in [0.4, 0.5) is 4.79 Å². The van der Waals surface area contributed by atoms with E-state index < -0.39 is 5.60 Å². The van der Waals surface area contributed by atoms with E-state index in [0.717, 1.165) is 31.4 Å². The van der Waals surface area contributed by atoms with Crippen LogP contribution in [0.15, 0.2) is 24.3 Å². The molecule has 122 valence electrons. The molecule has 0 spiro atoms. The van der Waals surface area contributed by atoms with Crippen molar-refractivity contribution in [1.82, 2.24) is 10.6 Å². The summed E-state index contributed by atoms with van der Waals surface area (Å²) in [5, 5.41) is 15.5. The normalized spacial score (nSPS) is 17.2. The molecule has 0 bridgehead atoms. The molecule has 0 saturated heterocycles. The summed E-state index contributed by atoms with van der Waals surface area (Å²) in [6, 6.07) is 7.80. The molecule has 1 unspecified atom stereocenters. The highest BCUT2D eigenvalue weighted by Crippen LogP contribution is 2.30. The quantitative estimate of drug-likeness (QED) is 0.724. The molecule has 2 rings (SSSR count). The van der Waals surface area contributed by atoms with Gasteiger partial charge in [0.1, 0.15) is 5.75 Å². The number of ether oxygens (including phenoxy) is 1. The smallest absolute Gasteiger partial charge is 0.314 e. The fourth-order valence-corrected chi connectivity index (χ4v) is 2.57. The van der Waals surface area contributed by atoms with E-state index in [1.807, 2.05) is 12.1 Å². The van der Waals surface area contributed by atoms with Gasteiger partial charge in [-0.1, -0.05) is 19.1 Å². The lowest BCUT2D eigenvalue weighted by atomic mass is 9.80. The van der Waals surface area contributed by atoms with Gasteiger partial charge in [0.2, 0.25) is 0 Å². The van der Waals surface area contributed by atoms with Crippen molar-refractivity contribution in [3.05, 3.63) is 29.8 Å². The Hall–Kier alpha value is -1.75. The first kappa shape index (κ1) is 16.6. The van der Waals surface area contributed by atoms with Crippen LogP contribution < -0.4 is 15.4 Å². The summed E-state index contributed by atoms with van der Waals surface area (Å²) in [6.45, 7) is 3.09. The Kier molecular flexibility index (Phi) is 5.66. The minimum Gasteiger partial charge on any atom is -0.497 e. The van der Waals surface area contributed by atoms with Gasteiger partial charge in [-0.3, -0.25) is 0 Å². The van der Waals surface area contributed by atoms with Crippen molar-refractivity contribution < 1.29 is 14.6 Å². The van der Waals surface area contributed by atoms with E-state index in [2.05, 4.69) is 29.7 Å². The summed E-state index contributed by atoms with van der Waals surface area (Å²) in [5.41, 5.74) is 0.556. The van der Waals surface area contributed by atoms with Crippen molar-refractivity contribution in [1.29, 1.82) is 0 Å². The molecule has 0 radical (unpaired) electrons. The second-order valence-electron chi connectivity index (χ2n) is 6.15. The van der Waals surface area contributed by atoms with Crippen LogP contribution in [-0.2, 0) is 0 Å². The van der Waals surface area contributed by atoms with Crippen LogP contribution in [0, 0.1) is 0 Å². The van der Waals surface area contributed by atoms with E-state index in [-0.39, 0.29) is 6.03 Å². The number of rotatable bonds is 7. The van der Waals surface area contributed by atoms with Gasteiger partial charge in [0.25, 0.3) is 0 Å². The van der Waals surface area contributed by atoms with E-state index in [9.17, 15) is 9.90 Å². The Morgan fingerprint density at radius 3 is 2.55 bits per heavy atom. The number of nitrogens with one attached hydrogen (secondary N) is 2. The van der Waals surface area contributed by atoms with Crippen LogP contribution >= 0.6 is 0 Å². The maximum atomic E-state index is 11.7. The lowest BCUT2D eigenvalue weighted by Gasteiger charge is -2.36. The number of hydrogen-bond acceptors (Lipinski definition) is 3. The molecule has 22 heavy (non-hydrogen) atoms. The van der Waals surface area contributed by atoms with E-state index in [0.29, 0.717) is 19.0 Å². The van der Waals surface area contributed by atoms with Gasteiger partial charge in [0, 0.05) is 13.1 Å². The van der Waals surface area contributed by atoms with Gasteiger partial charge < -0.3 is 20.5 Å². The third-order valence-electron chi connectivity index (χ3n) is 4.41. The van der Waals surface area contributed by atoms with E-state index in [4.69, 9.17) is 4.74 Å². The maximum absolute atomic E-state index is 11.7. The number of benzene rings is 1. The molecular formula is C17H26N2O3. The molecule has 1 aromatic carbocycles. The fourth-order valence-electron chi connectivity index (χ4n) is 2.57. The van der Waals surface area contributed by atoms with Gasteiger partial charge >= 0.3 is 6.03 Å². The molecule has 1 aromatic rings. The highest BCUT2D eigenvalue weighted by molar-refractivity contribution is 5.73. The van der Waals surface area contributed by atoms with Crippen molar-refractivity contribution >= 4 is 6.03 Å². The number of carbonyl (C=O) groups is 1. The first-order valence-corrected chi connectivity index (χ1v) is 7.90. The van der Waals surface area contributed by atoms with Gasteiger partial charge in [0.15, 0.2) is 0 Å². The van der Waals surface area contributed by atoms with Crippen molar-refractivity contribution in [3.63, 3.8) is 0 Å². The molecule has 3 N–H and O–H groups in total. The zero-order chi connectivity index (χ0) is 16.0. The maximum Gasteiger partial charge on any atom is 0.314 e. The highest BCUT2D eigenvalue weighted by atomic mass is 16.5. The zero-order valence-corrected chi connectivity index (χ0v) is 13.4. The zero-order valence-electron chi connectivity index (χ0n) is 13.4. The van der Waals surface area contributed by atoms with Crippen molar-refractivity contribution in [3.8, 4) is 5.75 Å². The topological polar surface area (TPSA) is 70.6 Å². The van der Waals surface area contributed by atoms with Crippen LogP contribution in [0.2, 0.25) is 0 Å². The van der Waals surface area contributed by atoms with Crippen molar-refractivity contribution in [2.75, 3.05) is 20.2 Å². The standard InChI is InChI=1S/C17H26N2O3/c1-13(14-4-6-15(22-2)7-5-14)8-11-18-16(20)19-12-17(21)9-3-10-17/h4-7,13,21H,3,8-12H2,1-2H3,(H2,18,19,20). The number of amides is 2. The highest BCUT2D eigenvalue weighted by Gasteiger charge is 2.34. The predicted octanol–water partition coefficient (Wildman–Crippen LogP) is 2.40. The van der Waals surface area contributed by atoms with E-state index >= 15 is 0 Å². The number of methoxy groups -OCH3 is 1. The molecular weight excluding hydrogens is 280 g/mol. The van der Waals surface area contributed by atoms with Gasteiger partial charge in [0.05, 0.1) is 12.7 Å². The van der Waals surface area contributed by atoms with Crippen LogP contribution in [0.5, 0.6) is 5.75 Å². The monoisotopic (exact) mass is 306 g/mol. The Bertz CT molecular complexity index is 483. The van der Waals surface area contributed by atoms with Gasteiger partial charge in [-0.05, 0) is 49.3 Å². The summed E-state index contributed by atoms with van der Waals surface area (Å²) in [7, 11) is 1.65. The molecule has 0 heterocycles. The molecule has 1 saturated carbocycles. The van der Waals surface area contributed by atoms with Crippen LogP contribution in [0.1, 0.15) is 44.1 Å². The van der Waals surface area contributed by atoms with E-state index in [1.165, 1.54) is 5.56 Å². The summed E-state index contributed by atoms with van der Waals surface area (Å²) < 4.78 is 5.14. The summed E-state index contributed by atoms with van der Waals surface area (Å²) in [6.07, 6.45) is 3.47. The number of aliphatic hydroxyl groups is 1. The molecule has 1 aliphatic rings. The lowest BCUT2D eigenvalue weighted by molar-refractivity contribution is -0.0290. The second-order valence-corrected chi connectivity index (χ2v) is 6.15. The second kappa shape index (κ2) is 7.49. The van der Waals surface area contributed by atoms with Crippen molar-refractivity contribution in [2.24, 2.45) is 0 Å². The first-order chi connectivity index (χ1) is 10.5. The molecule has 0 aromatic heterocycles. The van der Waals surface area contributed by atoms with Crippen LogP contribution in [0.25, 0.3) is 0 Å². The minimum absolute atomic E-state index is 0.206. The van der Waals surface area contributed by atoms with Crippen molar-refractivity contribution in [2.45, 2.75) is 44.1 Å². The Labute approximate surface area is 132 Å². The number of hydrogen-bond donors (Lipinski definition) is 3. The van der Waals surface area contributed by atoms with Gasteiger partial charge in [-0.2, -0.15) is 0 Å². The number of urea groups is 1. The predicted molar refractivity (Wildman–Crippen MR) is 86.2 cm³/mol. The third-order valence-corrected chi connectivity index (χ3v) is 4.41. The lowest BCUT2D eigenvalue weighted by Crippen LogP contribution is -2.50. The average molecular weight is 306 g/mol. The Morgan fingerprint density at radius 2 is 2.00 bits per heavy atom. The largest absolute Gasteiger partial charge is 0.497 e. The SMILES string of the molecule is COc1ccc(C(C)CCNC(=O)NCC2(O)CCC2)cc1. The molecule has 0 aliphatic heterocycles.